The summed E-state index contributed by atoms with van der Waals surface area (Å²) >= 11 is 0. The predicted octanol–water partition coefficient (Wildman–Crippen LogP) is 2.14. The van der Waals surface area contributed by atoms with Crippen LogP contribution < -0.4 is 10.6 Å². The van der Waals surface area contributed by atoms with E-state index in [-0.39, 0.29) is 23.9 Å². The summed E-state index contributed by atoms with van der Waals surface area (Å²) in [5.41, 5.74) is 0.610. The summed E-state index contributed by atoms with van der Waals surface area (Å²) in [6.45, 7) is 4.03. The van der Waals surface area contributed by atoms with Gasteiger partial charge < -0.3 is 10.6 Å². The van der Waals surface area contributed by atoms with Crippen LogP contribution in [0.25, 0.3) is 0 Å². The molecule has 0 spiro atoms. The van der Waals surface area contributed by atoms with Crippen LogP contribution in [0.2, 0.25) is 0 Å². The van der Waals surface area contributed by atoms with Crippen molar-refractivity contribution in [1.82, 2.24) is 15.6 Å². The third-order valence-electron chi connectivity index (χ3n) is 4.59. The van der Waals surface area contributed by atoms with E-state index in [0.29, 0.717) is 23.2 Å². The average Bonchev–Trinajstić information content (AvgIpc) is 3.39. The van der Waals surface area contributed by atoms with Gasteiger partial charge in [0.25, 0.3) is 11.8 Å². The predicted molar refractivity (Wildman–Crippen MR) is 83.5 cm³/mol. The Morgan fingerprint density at radius 3 is 1.73 bits per heavy atom. The summed E-state index contributed by atoms with van der Waals surface area (Å²) in [6.07, 6.45) is 4.71. The van der Waals surface area contributed by atoms with Crippen LogP contribution in [0.3, 0.4) is 0 Å². The number of carbonyl (C=O) groups excluding carboxylic acids is 2. The van der Waals surface area contributed by atoms with E-state index in [1.54, 1.807) is 18.2 Å². The summed E-state index contributed by atoms with van der Waals surface area (Å²) in [5.74, 6) is 0.776. The second-order valence-corrected chi connectivity index (χ2v) is 6.61. The van der Waals surface area contributed by atoms with Crippen LogP contribution in [0.5, 0.6) is 0 Å². The van der Waals surface area contributed by atoms with Gasteiger partial charge in [-0.25, -0.2) is 4.98 Å². The molecular formula is C17H23N3O2. The molecule has 1 heterocycles. The third-order valence-corrected chi connectivity index (χ3v) is 4.59. The van der Waals surface area contributed by atoms with Crippen molar-refractivity contribution in [3.63, 3.8) is 0 Å². The van der Waals surface area contributed by atoms with Crippen molar-refractivity contribution >= 4 is 11.8 Å². The highest BCUT2D eigenvalue weighted by Crippen LogP contribution is 2.33. The molecule has 0 saturated heterocycles. The van der Waals surface area contributed by atoms with Crippen molar-refractivity contribution in [2.45, 2.75) is 51.6 Å². The highest BCUT2D eigenvalue weighted by atomic mass is 16.2. The van der Waals surface area contributed by atoms with E-state index in [1.165, 1.54) is 25.7 Å². The number of hydrogen-bond donors (Lipinski definition) is 2. The van der Waals surface area contributed by atoms with E-state index >= 15 is 0 Å². The first kappa shape index (κ1) is 15.0. The number of hydrogen-bond acceptors (Lipinski definition) is 3. The molecule has 0 aliphatic heterocycles. The normalized spacial score (nSPS) is 20.1. The van der Waals surface area contributed by atoms with Crippen molar-refractivity contribution in [1.29, 1.82) is 0 Å². The van der Waals surface area contributed by atoms with Gasteiger partial charge in [0.2, 0.25) is 0 Å². The Balaban J connectivity index is 1.63. The minimum atomic E-state index is -0.204. The molecule has 2 amide bonds. The minimum Gasteiger partial charge on any atom is -0.348 e. The molecule has 2 aliphatic rings. The number of amides is 2. The van der Waals surface area contributed by atoms with Crippen molar-refractivity contribution in [3.8, 4) is 0 Å². The van der Waals surface area contributed by atoms with Crippen LogP contribution in [-0.2, 0) is 0 Å². The van der Waals surface area contributed by atoms with Gasteiger partial charge in [0, 0.05) is 12.1 Å². The summed E-state index contributed by atoms with van der Waals surface area (Å²) in [5, 5.41) is 5.92. The molecule has 1 aromatic heterocycles. The maximum absolute atomic E-state index is 12.2. The lowest BCUT2D eigenvalue weighted by Gasteiger charge is -2.14. The van der Waals surface area contributed by atoms with Crippen LogP contribution >= 0.6 is 0 Å². The molecule has 3 rings (SSSR count). The number of carbonyl (C=O) groups is 2. The standard InChI is InChI=1S/C17H23N3O2/c1-10(12-6-7-12)18-16(21)14-4-3-5-15(20-14)17(22)19-11(2)13-8-9-13/h3-5,10-13H,6-9H2,1-2H3,(H,18,21)(H,19,22). The topological polar surface area (TPSA) is 71.1 Å². The van der Waals surface area contributed by atoms with Gasteiger partial charge in [-0.3, -0.25) is 9.59 Å². The fraction of sp³-hybridized carbons (Fsp3) is 0.588. The zero-order valence-electron chi connectivity index (χ0n) is 13.1. The zero-order chi connectivity index (χ0) is 15.7. The smallest absolute Gasteiger partial charge is 0.270 e. The third kappa shape index (κ3) is 3.64. The van der Waals surface area contributed by atoms with Gasteiger partial charge in [0.1, 0.15) is 11.4 Å². The molecule has 2 unspecified atom stereocenters. The summed E-state index contributed by atoms with van der Waals surface area (Å²) in [4.78, 5) is 28.6. The first-order chi connectivity index (χ1) is 10.5. The SMILES string of the molecule is CC(NC(=O)c1cccc(C(=O)NC(C)C2CC2)n1)C1CC1. The van der Waals surface area contributed by atoms with E-state index in [4.69, 9.17) is 0 Å². The molecule has 118 valence electrons. The quantitative estimate of drug-likeness (QED) is 0.845. The Hall–Kier alpha value is -1.91. The first-order valence-corrected chi connectivity index (χ1v) is 8.13. The van der Waals surface area contributed by atoms with Crippen molar-refractivity contribution in [2.75, 3.05) is 0 Å². The van der Waals surface area contributed by atoms with Crippen molar-refractivity contribution < 1.29 is 9.59 Å². The Labute approximate surface area is 130 Å². The average molecular weight is 301 g/mol. The lowest BCUT2D eigenvalue weighted by atomic mass is 10.2. The molecule has 2 atom stereocenters. The molecule has 0 radical (unpaired) electrons. The van der Waals surface area contributed by atoms with Crippen molar-refractivity contribution in [2.24, 2.45) is 11.8 Å². The Bertz CT molecular complexity index is 532. The highest BCUT2D eigenvalue weighted by Gasteiger charge is 2.30. The molecular weight excluding hydrogens is 278 g/mol. The first-order valence-electron chi connectivity index (χ1n) is 8.13. The van der Waals surface area contributed by atoms with Gasteiger partial charge in [0.15, 0.2) is 0 Å². The van der Waals surface area contributed by atoms with Crippen LogP contribution in [0, 0.1) is 11.8 Å². The molecule has 0 aromatic carbocycles. The molecule has 2 N–H and O–H groups in total. The van der Waals surface area contributed by atoms with E-state index in [2.05, 4.69) is 15.6 Å². The van der Waals surface area contributed by atoms with Gasteiger partial charge in [-0.05, 0) is 63.5 Å². The largest absolute Gasteiger partial charge is 0.348 e. The number of aromatic nitrogens is 1. The fourth-order valence-electron chi connectivity index (χ4n) is 2.68. The Kier molecular flexibility index (Phi) is 4.14. The lowest BCUT2D eigenvalue weighted by molar-refractivity contribution is 0.0926. The van der Waals surface area contributed by atoms with Gasteiger partial charge >= 0.3 is 0 Å². The second-order valence-electron chi connectivity index (χ2n) is 6.61. The second kappa shape index (κ2) is 6.07. The van der Waals surface area contributed by atoms with Gasteiger partial charge in [-0.2, -0.15) is 0 Å². The Morgan fingerprint density at radius 1 is 0.955 bits per heavy atom. The fourth-order valence-corrected chi connectivity index (χ4v) is 2.68. The summed E-state index contributed by atoms with van der Waals surface area (Å²) in [7, 11) is 0. The zero-order valence-corrected chi connectivity index (χ0v) is 13.1. The van der Waals surface area contributed by atoms with Gasteiger partial charge in [-0.15, -0.1) is 0 Å². The number of pyridine rings is 1. The lowest BCUT2D eigenvalue weighted by Crippen LogP contribution is -2.36. The van der Waals surface area contributed by atoms with Crippen LogP contribution in [0.1, 0.15) is 60.5 Å². The molecule has 2 saturated carbocycles. The van der Waals surface area contributed by atoms with Crippen LogP contribution in [-0.4, -0.2) is 28.9 Å². The Morgan fingerprint density at radius 2 is 1.36 bits per heavy atom. The maximum atomic E-state index is 12.2. The number of nitrogens with one attached hydrogen (secondary N) is 2. The maximum Gasteiger partial charge on any atom is 0.270 e. The monoisotopic (exact) mass is 301 g/mol. The van der Waals surface area contributed by atoms with Crippen LogP contribution in [0.4, 0.5) is 0 Å². The summed E-state index contributed by atoms with van der Waals surface area (Å²) < 4.78 is 0. The van der Waals surface area contributed by atoms with E-state index in [1.807, 2.05) is 13.8 Å². The number of nitrogens with zero attached hydrogens (tertiary/aromatic N) is 1. The van der Waals surface area contributed by atoms with Crippen LogP contribution in [0.15, 0.2) is 18.2 Å². The molecule has 22 heavy (non-hydrogen) atoms. The molecule has 2 fully saturated rings. The van der Waals surface area contributed by atoms with E-state index in [9.17, 15) is 9.59 Å². The van der Waals surface area contributed by atoms with E-state index < -0.39 is 0 Å². The molecule has 0 bridgehead atoms. The van der Waals surface area contributed by atoms with E-state index in [0.717, 1.165) is 0 Å². The molecule has 5 nitrogen and oxygen atoms in total. The van der Waals surface area contributed by atoms with Gasteiger partial charge in [-0.1, -0.05) is 6.07 Å². The molecule has 1 aromatic rings. The molecule has 5 heteroatoms. The number of rotatable bonds is 6. The van der Waals surface area contributed by atoms with Gasteiger partial charge in [0.05, 0.1) is 0 Å². The summed E-state index contributed by atoms with van der Waals surface area (Å²) in [6, 6.07) is 5.34. The van der Waals surface area contributed by atoms with Crippen molar-refractivity contribution in [3.05, 3.63) is 29.6 Å². The highest BCUT2D eigenvalue weighted by molar-refractivity contribution is 5.96. The minimum absolute atomic E-state index is 0.168. The molecule has 2 aliphatic carbocycles.